The molecule has 5 rings (SSSR count). The lowest BCUT2D eigenvalue weighted by molar-refractivity contribution is 0.00695. The normalized spacial score (nSPS) is 23.5. The van der Waals surface area contributed by atoms with Crippen molar-refractivity contribution in [1.29, 1.82) is 0 Å². The molecule has 4 heterocycles. The topological polar surface area (TPSA) is 119 Å². The van der Waals surface area contributed by atoms with Crippen LogP contribution >= 0.6 is 0 Å². The van der Waals surface area contributed by atoms with E-state index in [9.17, 15) is 4.79 Å². The molecular weight excluding hydrogens is 449 g/mol. The molecule has 2 aromatic heterocycles. The summed E-state index contributed by atoms with van der Waals surface area (Å²) in [6.07, 6.45) is 2.73. The van der Waals surface area contributed by atoms with Crippen molar-refractivity contribution in [3.8, 4) is 0 Å². The van der Waals surface area contributed by atoms with Gasteiger partial charge in [-0.25, -0.2) is 14.2 Å². The smallest absolute Gasteiger partial charge is 0.321 e. The van der Waals surface area contributed by atoms with E-state index >= 15 is 4.39 Å². The van der Waals surface area contributed by atoms with Crippen molar-refractivity contribution in [3.63, 3.8) is 0 Å². The van der Waals surface area contributed by atoms with Gasteiger partial charge in [0.05, 0.1) is 23.5 Å². The van der Waals surface area contributed by atoms with Gasteiger partial charge in [-0.15, -0.1) is 0 Å². The van der Waals surface area contributed by atoms with Crippen molar-refractivity contribution in [2.45, 2.75) is 77.5 Å². The number of amides is 2. The minimum atomic E-state index is -0.604. The Morgan fingerprint density at radius 1 is 1.23 bits per heavy atom. The summed E-state index contributed by atoms with van der Waals surface area (Å²) in [6.45, 7) is 12.2. The number of fused-ring (bicyclic) bond motifs is 1. The van der Waals surface area contributed by atoms with Crippen LogP contribution in [-0.2, 0) is 18.5 Å². The molecule has 0 spiro atoms. The quantitative estimate of drug-likeness (QED) is 0.608. The van der Waals surface area contributed by atoms with Crippen molar-refractivity contribution in [3.05, 3.63) is 22.8 Å². The summed E-state index contributed by atoms with van der Waals surface area (Å²) in [5, 5.41) is 10.5. The van der Waals surface area contributed by atoms with Crippen LogP contribution in [0.1, 0.15) is 64.4 Å². The second kappa shape index (κ2) is 8.04. The number of carbonyl (C=O) groups excluding carboxylic acids is 1. The molecule has 0 aromatic carbocycles. The van der Waals surface area contributed by atoms with Crippen LogP contribution < -0.4 is 11.1 Å². The lowest BCUT2D eigenvalue weighted by Crippen LogP contribution is -2.65. The molecule has 1 saturated heterocycles. The van der Waals surface area contributed by atoms with Gasteiger partial charge in [0.15, 0.2) is 17.5 Å². The second-order valence-corrected chi connectivity index (χ2v) is 11.5. The Bertz CT molecular complexity index is 1160. The van der Waals surface area contributed by atoms with E-state index in [4.69, 9.17) is 5.73 Å². The number of aromatic nitrogens is 4. The highest BCUT2D eigenvalue weighted by Gasteiger charge is 2.47. The Labute approximate surface area is 205 Å². The molecule has 10 nitrogen and oxygen atoms in total. The summed E-state index contributed by atoms with van der Waals surface area (Å²) >= 11 is 0. The Morgan fingerprint density at radius 2 is 1.94 bits per heavy atom. The number of hydrogen-bond donors (Lipinski definition) is 3. The summed E-state index contributed by atoms with van der Waals surface area (Å²) < 4.78 is 15.2. The minimum absolute atomic E-state index is 0.0107. The van der Waals surface area contributed by atoms with Gasteiger partial charge in [-0.2, -0.15) is 10.1 Å². The molecular formula is C24H36FN9O. The van der Waals surface area contributed by atoms with Crippen molar-refractivity contribution >= 4 is 23.6 Å². The number of urea groups is 1. The fourth-order valence-corrected chi connectivity index (χ4v) is 5.21. The first-order chi connectivity index (χ1) is 16.4. The van der Waals surface area contributed by atoms with Gasteiger partial charge < -0.3 is 20.9 Å². The Kier molecular flexibility index (Phi) is 5.46. The molecule has 35 heavy (non-hydrogen) atoms. The maximum absolute atomic E-state index is 15.2. The molecule has 0 bridgehead atoms. The molecule has 11 heteroatoms. The zero-order chi connectivity index (χ0) is 25.3. The summed E-state index contributed by atoms with van der Waals surface area (Å²) in [5.74, 6) is 0.453. The number of anilines is 3. The minimum Gasteiger partial charge on any atom is -0.368 e. The number of nitrogens with zero attached hydrogens (tertiary/aromatic N) is 6. The van der Waals surface area contributed by atoms with Crippen molar-refractivity contribution in [2.24, 2.45) is 5.92 Å². The summed E-state index contributed by atoms with van der Waals surface area (Å²) in [6, 6.07) is 0.0809. The third-order valence-electron chi connectivity index (χ3n) is 7.96. The highest BCUT2D eigenvalue weighted by molar-refractivity contribution is 5.78. The maximum Gasteiger partial charge on any atom is 0.321 e. The highest BCUT2D eigenvalue weighted by atomic mass is 19.1. The number of rotatable bonds is 4. The molecule has 3 aliphatic rings. The number of nitrogens with two attached hydrogens (primary N) is 1. The van der Waals surface area contributed by atoms with Gasteiger partial charge >= 0.3 is 6.03 Å². The van der Waals surface area contributed by atoms with E-state index < -0.39 is 11.4 Å². The van der Waals surface area contributed by atoms with E-state index in [0.29, 0.717) is 36.9 Å². The number of likely N-dealkylation sites (N-methyl/N-ethyl adjacent to an activating group) is 1. The molecule has 2 fully saturated rings. The number of aromatic amines is 1. The largest absolute Gasteiger partial charge is 0.368 e. The Morgan fingerprint density at radius 3 is 2.63 bits per heavy atom. The van der Waals surface area contributed by atoms with Gasteiger partial charge in [0, 0.05) is 30.2 Å². The van der Waals surface area contributed by atoms with Crippen LogP contribution in [0.2, 0.25) is 0 Å². The molecule has 2 amide bonds. The maximum atomic E-state index is 15.2. The van der Waals surface area contributed by atoms with Gasteiger partial charge in [0.1, 0.15) is 0 Å². The molecule has 1 saturated carbocycles. The number of nitrogens with one attached hydrogen (secondary N) is 2. The summed E-state index contributed by atoms with van der Waals surface area (Å²) in [5.41, 5.74) is 7.15. The van der Waals surface area contributed by atoms with E-state index in [0.717, 1.165) is 30.6 Å². The first kappa shape index (κ1) is 23.8. The predicted molar refractivity (Wildman–Crippen MR) is 132 cm³/mol. The van der Waals surface area contributed by atoms with Crippen LogP contribution in [0.25, 0.3) is 0 Å². The van der Waals surface area contributed by atoms with Crippen molar-refractivity contribution < 1.29 is 9.18 Å². The van der Waals surface area contributed by atoms with E-state index in [-0.39, 0.29) is 29.4 Å². The van der Waals surface area contributed by atoms with Crippen LogP contribution in [0, 0.1) is 11.7 Å². The van der Waals surface area contributed by atoms with E-state index in [1.807, 2.05) is 23.6 Å². The fraction of sp³-hybridized carbons (Fsp3) is 0.667. The lowest BCUT2D eigenvalue weighted by atomic mass is 9.96. The van der Waals surface area contributed by atoms with Crippen LogP contribution in [0.15, 0.2) is 0 Å². The number of nitrogen functional groups attached to an aromatic ring is 1. The standard InChI is InChI=1S/C24H36FN9O/c1-13-10-32(6)23(2,3)12-33(13)22(35)34-11-15-18(24(34,4)5)30-31-19(15)28-20-17(25)16(9-14-7-8-14)27-21(26)29-20/h13-14H,7-12H2,1-6H3,(H4,26,27,28,29,30,31)/t13-/m0/s1. The van der Waals surface area contributed by atoms with Crippen molar-refractivity contribution in [1.82, 2.24) is 34.9 Å². The predicted octanol–water partition coefficient (Wildman–Crippen LogP) is 3.20. The van der Waals surface area contributed by atoms with Gasteiger partial charge in [0.2, 0.25) is 5.95 Å². The molecule has 1 aliphatic carbocycles. The van der Waals surface area contributed by atoms with Gasteiger partial charge in [-0.3, -0.25) is 10.00 Å². The lowest BCUT2D eigenvalue weighted by Gasteiger charge is -2.50. The Balaban J connectivity index is 1.40. The van der Waals surface area contributed by atoms with Crippen LogP contribution in [0.5, 0.6) is 0 Å². The van der Waals surface area contributed by atoms with Crippen LogP contribution in [0.3, 0.4) is 0 Å². The molecule has 0 radical (unpaired) electrons. The van der Waals surface area contributed by atoms with E-state index in [1.165, 1.54) is 0 Å². The molecule has 190 valence electrons. The van der Waals surface area contributed by atoms with Crippen LogP contribution in [0.4, 0.5) is 26.8 Å². The van der Waals surface area contributed by atoms with E-state index in [2.05, 4.69) is 58.2 Å². The number of halogens is 1. The number of hydrogen-bond acceptors (Lipinski definition) is 7. The van der Waals surface area contributed by atoms with Crippen LogP contribution in [-0.4, -0.2) is 72.6 Å². The molecule has 2 aliphatic heterocycles. The third kappa shape index (κ3) is 4.09. The summed E-state index contributed by atoms with van der Waals surface area (Å²) in [7, 11) is 2.10. The molecule has 0 unspecified atom stereocenters. The third-order valence-corrected chi connectivity index (χ3v) is 7.96. The van der Waals surface area contributed by atoms with E-state index in [1.54, 1.807) is 0 Å². The number of H-pyrrole nitrogens is 1. The zero-order valence-electron chi connectivity index (χ0n) is 21.4. The average Bonchev–Trinajstić information content (AvgIpc) is 3.42. The number of piperazine rings is 1. The molecule has 1 atom stereocenters. The first-order valence-electron chi connectivity index (χ1n) is 12.3. The first-order valence-corrected chi connectivity index (χ1v) is 12.3. The number of carbonyl (C=O) groups is 1. The van der Waals surface area contributed by atoms with Gasteiger partial charge in [0.25, 0.3) is 0 Å². The Hall–Kier alpha value is -2.95. The van der Waals surface area contributed by atoms with Gasteiger partial charge in [-0.1, -0.05) is 0 Å². The molecule has 4 N–H and O–H groups in total. The van der Waals surface area contributed by atoms with Gasteiger partial charge in [-0.05, 0) is 66.8 Å². The van der Waals surface area contributed by atoms with Crippen molar-refractivity contribution in [2.75, 3.05) is 31.2 Å². The SMILES string of the molecule is C[C@H]1CN(C)C(C)(C)CN1C(=O)N1Cc2c(Nc3nc(N)nc(CC4CC4)c3F)n[nH]c2C1(C)C. The fourth-order valence-electron chi connectivity index (χ4n) is 5.21. The summed E-state index contributed by atoms with van der Waals surface area (Å²) in [4.78, 5) is 28.1. The molecule has 2 aromatic rings. The average molecular weight is 486 g/mol. The second-order valence-electron chi connectivity index (χ2n) is 11.5. The highest BCUT2D eigenvalue weighted by Crippen LogP contribution is 2.42. The zero-order valence-corrected chi connectivity index (χ0v) is 21.4. The monoisotopic (exact) mass is 485 g/mol.